The molecular formula is C16H19N7O. The molecule has 3 aromatic rings. The van der Waals surface area contributed by atoms with Gasteiger partial charge in [-0.1, -0.05) is 17.3 Å². The van der Waals surface area contributed by atoms with Crippen LogP contribution < -0.4 is 5.32 Å². The second kappa shape index (κ2) is 6.50. The number of rotatable bonds is 5. The summed E-state index contributed by atoms with van der Waals surface area (Å²) in [5, 5.41) is 15.7. The van der Waals surface area contributed by atoms with Crippen molar-refractivity contribution in [3.63, 3.8) is 0 Å². The van der Waals surface area contributed by atoms with Gasteiger partial charge in [-0.3, -0.25) is 0 Å². The predicted molar refractivity (Wildman–Crippen MR) is 86.6 cm³/mol. The highest BCUT2D eigenvalue weighted by molar-refractivity contribution is 5.41. The Morgan fingerprint density at radius 1 is 1.33 bits per heavy atom. The van der Waals surface area contributed by atoms with Crippen LogP contribution in [-0.2, 0) is 11.3 Å². The summed E-state index contributed by atoms with van der Waals surface area (Å²) in [5.41, 5.74) is 3.43. The molecule has 0 unspecified atom stereocenters. The van der Waals surface area contributed by atoms with Gasteiger partial charge >= 0.3 is 0 Å². The molecule has 2 atom stereocenters. The molecule has 0 spiro atoms. The van der Waals surface area contributed by atoms with E-state index in [2.05, 4.69) is 50.8 Å². The summed E-state index contributed by atoms with van der Waals surface area (Å²) >= 11 is 0. The highest BCUT2D eigenvalue weighted by atomic mass is 16.5. The van der Waals surface area contributed by atoms with Crippen LogP contribution in [0.3, 0.4) is 0 Å². The smallest absolute Gasteiger partial charge is 0.138 e. The average Bonchev–Trinajstić information content (AvgIpc) is 3.33. The number of hydrogen-bond acceptors (Lipinski definition) is 6. The molecule has 8 heteroatoms. The first-order chi connectivity index (χ1) is 11.8. The summed E-state index contributed by atoms with van der Waals surface area (Å²) in [5.74, 6) is 0. The first-order valence-corrected chi connectivity index (χ1v) is 7.93. The van der Waals surface area contributed by atoms with Crippen molar-refractivity contribution in [2.24, 2.45) is 0 Å². The molecule has 8 nitrogen and oxygen atoms in total. The fraction of sp³-hybridized carbons (Fsp3) is 0.375. The lowest BCUT2D eigenvalue weighted by atomic mass is 10.1. The largest absolute Gasteiger partial charge is 0.377 e. The van der Waals surface area contributed by atoms with Crippen molar-refractivity contribution in [2.75, 3.05) is 13.2 Å². The van der Waals surface area contributed by atoms with Gasteiger partial charge in [0.25, 0.3) is 0 Å². The number of ether oxygens (including phenoxy) is 1. The van der Waals surface area contributed by atoms with Crippen molar-refractivity contribution < 1.29 is 4.74 Å². The fourth-order valence-corrected chi connectivity index (χ4v) is 3.06. The van der Waals surface area contributed by atoms with Crippen LogP contribution >= 0.6 is 0 Å². The molecule has 24 heavy (non-hydrogen) atoms. The van der Waals surface area contributed by atoms with Gasteiger partial charge in [-0.2, -0.15) is 5.10 Å². The zero-order chi connectivity index (χ0) is 16.4. The van der Waals surface area contributed by atoms with Crippen molar-refractivity contribution in [3.8, 4) is 5.69 Å². The molecule has 0 saturated carbocycles. The van der Waals surface area contributed by atoms with E-state index in [0.29, 0.717) is 13.2 Å². The third-order valence-corrected chi connectivity index (χ3v) is 4.33. The SMILES string of the molecule is Cc1cc(CN[C@H]2COC[C@H]2n2ccnn2)ccc1-n1cncn1. The number of nitrogens with one attached hydrogen (secondary N) is 1. The summed E-state index contributed by atoms with van der Waals surface area (Å²) in [7, 11) is 0. The molecule has 0 aliphatic carbocycles. The Morgan fingerprint density at radius 3 is 3.04 bits per heavy atom. The zero-order valence-electron chi connectivity index (χ0n) is 13.4. The lowest BCUT2D eigenvalue weighted by molar-refractivity contribution is 0.181. The van der Waals surface area contributed by atoms with E-state index in [-0.39, 0.29) is 12.1 Å². The quantitative estimate of drug-likeness (QED) is 0.750. The van der Waals surface area contributed by atoms with Gasteiger partial charge in [0.15, 0.2) is 0 Å². The maximum Gasteiger partial charge on any atom is 0.138 e. The van der Waals surface area contributed by atoms with Crippen LogP contribution in [0.5, 0.6) is 0 Å². The van der Waals surface area contributed by atoms with Gasteiger partial charge in [-0.25, -0.2) is 14.3 Å². The van der Waals surface area contributed by atoms with Crippen LogP contribution in [0.25, 0.3) is 5.69 Å². The van der Waals surface area contributed by atoms with Crippen molar-refractivity contribution in [3.05, 3.63) is 54.4 Å². The van der Waals surface area contributed by atoms with Crippen molar-refractivity contribution >= 4 is 0 Å². The average molecular weight is 325 g/mol. The Labute approximate surface area is 139 Å². The van der Waals surface area contributed by atoms with Gasteiger partial charge in [0, 0.05) is 12.7 Å². The Bertz CT molecular complexity index is 785. The number of benzene rings is 1. The molecule has 1 aromatic carbocycles. The van der Waals surface area contributed by atoms with Gasteiger partial charge in [0.05, 0.1) is 37.2 Å². The second-order valence-corrected chi connectivity index (χ2v) is 5.94. The highest BCUT2D eigenvalue weighted by Gasteiger charge is 2.29. The van der Waals surface area contributed by atoms with E-state index >= 15 is 0 Å². The lowest BCUT2D eigenvalue weighted by Gasteiger charge is -2.19. The number of nitrogens with zero attached hydrogens (tertiary/aromatic N) is 6. The molecular weight excluding hydrogens is 306 g/mol. The Hall–Kier alpha value is -2.58. The van der Waals surface area contributed by atoms with Crippen LogP contribution in [-0.4, -0.2) is 49.0 Å². The Kier molecular flexibility index (Phi) is 4.06. The number of aryl methyl sites for hydroxylation is 1. The first kappa shape index (κ1) is 15.0. The minimum Gasteiger partial charge on any atom is -0.377 e. The summed E-state index contributed by atoms with van der Waals surface area (Å²) in [6.07, 6.45) is 6.82. The molecule has 0 amide bonds. The topological polar surface area (TPSA) is 82.7 Å². The molecule has 2 aromatic heterocycles. The standard InChI is InChI=1S/C16H19N7O/c1-12-6-13(2-3-15(12)23-11-17-10-20-23)7-18-14-8-24-9-16(14)22-5-4-19-21-22/h2-6,10-11,14,16,18H,7-9H2,1H3/t14-,16+/m0/s1. The molecule has 1 fully saturated rings. The summed E-state index contributed by atoms with van der Waals surface area (Å²) < 4.78 is 9.24. The molecule has 0 bridgehead atoms. The van der Waals surface area contributed by atoms with Gasteiger partial charge in [0.1, 0.15) is 12.7 Å². The van der Waals surface area contributed by atoms with Crippen molar-refractivity contribution in [1.82, 2.24) is 35.1 Å². The molecule has 1 saturated heterocycles. The normalized spacial score (nSPS) is 20.5. The Balaban J connectivity index is 1.43. The highest BCUT2D eigenvalue weighted by Crippen LogP contribution is 2.19. The van der Waals surface area contributed by atoms with E-state index in [1.807, 2.05) is 10.9 Å². The van der Waals surface area contributed by atoms with E-state index < -0.39 is 0 Å². The van der Waals surface area contributed by atoms with Crippen LogP contribution in [0.2, 0.25) is 0 Å². The zero-order valence-corrected chi connectivity index (χ0v) is 13.4. The van der Waals surface area contributed by atoms with Crippen LogP contribution in [0.1, 0.15) is 17.2 Å². The van der Waals surface area contributed by atoms with Crippen molar-refractivity contribution in [1.29, 1.82) is 0 Å². The minimum atomic E-state index is 0.183. The number of aromatic nitrogens is 6. The van der Waals surface area contributed by atoms with Gasteiger partial charge in [-0.15, -0.1) is 5.10 Å². The molecule has 1 N–H and O–H groups in total. The summed E-state index contributed by atoms with van der Waals surface area (Å²) in [6, 6.07) is 6.76. The molecule has 3 heterocycles. The van der Waals surface area contributed by atoms with Crippen LogP contribution in [0.15, 0.2) is 43.2 Å². The first-order valence-electron chi connectivity index (χ1n) is 7.93. The summed E-state index contributed by atoms with van der Waals surface area (Å²) in [4.78, 5) is 4.00. The monoisotopic (exact) mass is 325 g/mol. The predicted octanol–water partition coefficient (Wildman–Crippen LogP) is 0.897. The maximum atomic E-state index is 5.60. The van der Waals surface area contributed by atoms with Gasteiger partial charge < -0.3 is 10.1 Å². The molecule has 0 radical (unpaired) electrons. The molecule has 124 valence electrons. The van der Waals surface area contributed by atoms with E-state index in [0.717, 1.165) is 17.8 Å². The summed E-state index contributed by atoms with van der Waals surface area (Å²) in [6.45, 7) is 4.20. The van der Waals surface area contributed by atoms with Gasteiger partial charge in [0.2, 0.25) is 0 Å². The third-order valence-electron chi connectivity index (χ3n) is 4.33. The van der Waals surface area contributed by atoms with E-state index in [4.69, 9.17) is 4.74 Å². The van der Waals surface area contributed by atoms with Crippen molar-refractivity contribution in [2.45, 2.75) is 25.6 Å². The fourth-order valence-electron chi connectivity index (χ4n) is 3.06. The number of hydrogen-bond donors (Lipinski definition) is 1. The van der Waals surface area contributed by atoms with E-state index in [1.54, 1.807) is 23.5 Å². The second-order valence-electron chi connectivity index (χ2n) is 5.94. The minimum absolute atomic E-state index is 0.183. The van der Waals surface area contributed by atoms with Crippen LogP contribution in [0.4, 0.5) is 0 Å². The lowest BCUT2D eigenvalue weighted by Crippen LogP contribution is -2.36. The van der Waals surface area contributed by atoms with Crippen LogP contribution in [0, 0.1) is 6.92 Å². The van der Waals surface area contributed by atoms with Gasteiger partial charge in [-0.05, 0) is 24.1 Å². The Morgan fingerprint density at radius 2 is 2.29 bits per heavy atom. The molecule has 4 rings (SSSR count). The molecule has 1 aliphatic heterocycles. The van der Waals surface area contributed by atoms with E-state index in [9.17, 15) is 0 Å². The third kappa shape index (κ3) is 2.93. The van der Waals surface area contributed by atoms with E-state index in [1.165, 1.54) is 5.56 Å². The maximum absolute atomic E-state index is 5.60. The molecule has 1 aliphatic rings.